The second-order valence-corrected chi connectivity index (χ2v) is 5.64. The van der Waals surface area contributed by atoms with Crippen LogP contribution in [-0.2, 0) is 0 Å². The van der Waals surface area contributed by atoms with Gasteiger partial charge in [-0.2, -0.15) is 0 Å². The first-order chi connectivity index (χ1) is 12.7. The molecule has 0 aliphatic rings. The van der Waals surface area contributed by atoms with Crippen LogP contribution in [0.25, 0.3) is 28.7 Å². The van der Waals surface area contributed by atoms with Gasteiger partial charge in [-0.1, -0.05) is 17.7 Å². The number of aryl methyl sites for hydroxylation is 1. The number of rotatable bonds is 4. The van der Waals surface area contributed by atoms with E-state index in [9.17, 15) is 4.79 Å². The highest BCUT2D eigenvalue weighted by molar-refractivity contribution is 5.55. The Morgan fingerprint density at radius 1 is 1.00 bits per heavy atom. The Kier molecular flexibility index (Phi) is 3.85. The summed E-state index contributed by atoms with van der Waals surface area (Å²) < 4.78 is 17.2. The van der Waals surface area contributed by atoms with Crippen LogP contribution in [0.4, 0.5) is 0 Å². The van der Waals surface area contributed by atoms with Gasteiger partial charge in [0.25, 0.3) is 0 Å². The fraction of sp³-hybridized carbons (Fsp3) is 0.111. The lowest BCUT2D eigenvalue weighted by molar-refractivity contribution is -0.660. The zero-order chi connectivity index (χ0) is 18.1. The molecule has 8 nitrogen and oxygen atoms in total. The summed E-state index contributed by atoms with van der Waals surface area (Å²) in [5.74, 6) is 1.08. The maximum atomic E-state index is 12.2. The van der Waals surface area contributed by atoms with E-state index in [0.717, 1.165) is 11.1 Å². The van der Waals surface area contributed by atoms with Crippen molar-refractivity contribution in [3.8, 4) is 34.5 Å². The molecule has 0 bridgehead atoms. The molecule has 0 spiro atoms. The maximum Gasteiger partial charge on any atom is 0.441 e. The standard InChI is InChI=1S/C18H14N4O4/c1-11-3-5-12(6-4-11)16-19-20-17(25-16)15-18(23)26-21-22(15)13-7-9-14(24-2)10-8-13/h3-10H,1-2H3/p+1. The molecular weight excluding hydrogens is 336 g/mol. The molecule has 0 aliphatic carbocycles. The van der Waals surface area contributed by atoms with Crippen LogP contribution < -0.4 is 15.0 Å². The number of aromatic amines is 1. The summed E-state index contributed by atoms with van der Waals surface area (Å²) in [7, 11) is 1.58. The molecule has 0 fully saturated rings. The van der Waals surface area contributed by atoms with Gasteiger partial charge in [0, 0.05) is 17.7 Å². The van der Waals surface area contributed by atoms with Gasteiger partial charge in [0.1, 0.15) is 5.75 Å². The predicted octanol–water partition coefficient (Wildman–Crippen LogP) is 2.28. The lowest BCUT2D eigenvalue weighted by Crippen LogP contribution is -2.36. The number of H-pyrrole nitrogens is 1. The first kappa shape index (κ1) is 15.8. The van der Waals surface area contributed by atoms with Gasteiger partial charge in [-0.3, -0.25) is 4.52 Å². The minimum atomic E-state index is -0.611. The van der Waals surface area contributed by atoms with E-state index in [-0.39, 0.29) is 11.6 Å². The minimum Gasteiger partial charge on any atom is -0.497 e. The number of benzene rings is 2. The third-order valence-electron chi connectivity index (χ3n) is 3.90. The van der Waals surface area contributed by atoms with Gasteiger partial charge in [-0.15, -0.1) is 10.2 Å². The highest BCUT2D eigenvalue weighted by Crippen LogP contribution is 2.21. The molecule has 0 unspecified atom stereocenters. The summed E-state index contributed by atoms with van der Waals surface area (Å²) in [5.41, 5.74) is 2.05. The van der Waals surface area contributed by atoms with Crippen molar-refractivity contribution in [3.63, 3.8) is 0 Å². The fourth-order valence-corrected chi connectivity index (χ4v) is 2.50. The summed E-state index contributed by atoms with van der Waals surface area (Å²) in [6, 6.07) is 14.7. The maximum absolute atomic E-state index is 12.2. The molecule has 2 heterocycles. The van der Waals surface area contributed by atoms with Crippen molar-refractivity contribution in [1.82, 2.24) is 15.5 Å². The number of aromatic nitrogens is 4. The molecule has 1 N–H and O–H groups in total. The molecule has 2 aromatic carbocycles. The van der Waals surface area contributed by atoms with Gasteiger partial charge in [-0.25, -0.2) is 4.79 Å². The van der Waals surface area contributed by atoms with Crippen LogP contribution >= 0.6 is 0 Å². The summed E-state index contributed by atoms with van der Waals surface area (Å²) in [6.07, 6.45) is 0. The lowest BCUT2D eigenvalue weighted by atomic mass is 10.1. The summed E-state index contributed by atoms with van der Waals surface area (Å²) in [6.45, 7) is 1.99. The summed E-state index contributed by atoms with van der Waals surface area (Å²) in [5, 5.41) is 10.6. The molecule has 8 heteroatoms. The molecule has 4 rings (SSSR count). The van der Waals surface area contributed by atoms with Gasteiger partial charge in [0.15, 0.2) is 0 Å². The van der Waals surface area contributed by atoms with Gasteiger partial charge >= 0.3 is 17.2 Å². The Morgan fingerprint density at radius 2 is 1.69 bits per heavy atom. The predicted molar refractivity (Wildman–Crippen MR) is 90.9 cm³/mol. The van der Waals surface area contributed by atoms with E-state index in [4.69, 9.17) is 13.7 Å². The zero-order valence-electron chi connectivity index (χ0n) is 14.1. The Balaban J connectivity index is 1.76. The average Bonchev–Trinajstić information content (AvgIpc) is 3.29. The van der Waals surface area contributed by atoms with E-state index in [2.05, 4.69) is 15.5 Å². The third-order valence-corrected chi connectivity index (χ3v) is 3.90. The monoisotopic (exact) mass is 351 g/mol. The van der Waals surface area contributed by atoms with Crippen LogP contribution in [0.2, 0.25) is 0 Å². The Bertz CT molecular complexity index is 1090. The van der Waals surface area contributed by atoms with Crippen molar-refractivity contribution in [1.29, 1.82) is 0 Å². The quantitative estimate of drug-likeness (QED) is 0.567. The normalized spacial score (nSPS) is 10.8. The number of methoxy groups -OCH3 is 1. The molecule has 4 aromatic rings. The van der Waals surface area contributed by atoms with E-state index in [1.54, 1.807) is 31.4 Å². The highest BCUT2D eigenvalue weighted by atomic mass is 16.5. The molecule has 0 amide bonds. The highest BCUT2D eigenvalue weighted by Gasteiger charge is 2.31. The van der Waals surface area contributed by atoms with E-state index in [0.29, 0.717) is 17.3 Å². The van der Waals surface area contributed by atoms with Crippen molar-refractivity contribution in [2.24, 2.45) is 0 Å². The SMILES string of the molecule is COc1ccc(-[n+]2[nH]oc(=O)c2-c2nnc(-c3ccc(C)cc3)o2)cc1. The van der Waals surface area contributed by atoms with Crippen molar-refractivity contribution >= 4 is 0 Å². The first-order valence-electron chi connectivity index (χ1n) is 7.84. The van der Waals surface area contributed by atoms with Gasteiger partial charge < -0.3 is 9.15 Å². The van der Waals surface area contributed by atoms with Gasteiger partial charge in [0.05, 0.1) is 7.11 Å². The Labute approximate surface area is 147 Å². The van der Waals surface area contributed by atoms with Crippen LogP contribution in [0.1, 0.15) is 5.56 Å². The third kappa shape index (κ3) is 2.77. The van der Waals surface area contributed by atoms with Crippen molar-refractivity contribution in [2.45, 2.75) is 6.92 Å². The molecule has 0 aliphatic heterocycles. The topological polar surface area (TPSA) is 98.0 Å². The molecule has 0 radical (unpaired) electrons. The van der Waals surface area contributed by atoms with Gasteiger partial charge in [0.2, 0.25) is 11.6 Å². The number of nitrogens with zero attached hydrogens (tertiary/aromatic N) is 3. The number of hydrogen-bond donors (Lipinski definition) is 1. The lowest BCUT2D eigenvalue weighted by Gasteiger charge is -1.97. The first-order valence-corrected chi connectivity index (χ1v) is 7.84. The zero-order valence-corrected chi connectivity index (χ0v) is 14.1. The molecule has 0 saturated heterocycles. The second kappa shape index (κ2) is 6.32. The number of ether oxygens (including phenoxy) is 1. The van der Waals surface area contributed by atoms with Crippen LogP contribution in [0.3, 0.4) is 0 Å². The van der Waals surface area contributed by atoms with E-state index >= 15 is 0 Å². The summed E-state index contributed by atoms with van der Waals surface area (Å²) in [4.78, 5) is 12.2. The number of hydrogen-bond acceptors (Lipinski definition) is 6. The molecule has 2 aromatic heterocycles. The van der Waals surface area contributed by atoms with Crippen molar-refractivity contribution in [2.75, 3.05) is 7.11 Å². The minimum absolute atomic E-state index is 0.0615. The number of nitrogens with one attached hydrogen (secondary N) is 1. The molecule has 0 atom stereocenters. The molecule has 0 saturated carbocycles. The fourth-order valence-electron chi connectivity index (χ4n) is 2.50. The van der Waals surface area contributed by atoms with E-state index in [1.807, 2.05) is 31.2 Å². The van der Waals surface area contributed by atoms with Crippen LogP contribution in [0, 0.1) is 6.92 Å². The smallest absolute Gasteiger partial charge is 0.441 e. The largest absolute Gasteiger partial charge is 0.497 e. The second-order valence-electron chi connectivity index (χ2n) is 5.64. The van der Waals surface area contributed by atoms with E-state index in [1.165, 1.54) is 4.68 Å². The van der Waals surface area contributed by atoms with Crippen molar-refractivity contribution < 1.29 is 18.4 Å². The van der Waals surface area contributed by atoms with Crippen LogP contribution in [0.15, 0.2) is 62.3 Å². The molecular formula is C18H15N4O4+. The molecule has 26 heavy (non-hydrogen) atoms. The van der Waals surface area contributed by atoms with Gasteiger partial charge in [-0.05, 0) is 41.1 Å². The summed E-state index contributed by atoms with van der Waals surface area (Å²) >= 11 is 0. The van der Waals surface area contributed by atoms with E-state index < -0.39 is 5.63 Å². The Hall–Kier alpha value is -3.68. The van der Waals surface area contributed by atoms with Crippen molar-refractivity contribution in [3.05, 3.63) is 64.5 Å². The van der Waals surface area contributed by atoms with Crippen LogP contribution in [0.5, 0.6) is 5.75 Å². The Morgan fingerprint density at radius 3 is 2.38 bits per heavy atom. The average molecular weight is 351 g/mol. The molecule has 130 valence electrons. The van der Waals surface area contributed by atoms with Crippen LogP contribution in [-0.4, -0.2) is 22.6 Å².